The number of carboxylic acids is 1. The molecule has 3 aromatic rings. The molecule has 0 saturated heterocycles. The third-order valence-electron chi connectivity index (χ3n) is 14.0. The molecule has 2 aromatic carbocycles. The summed E-state index contributed by atoms with van der Waals surface area (Å²) in [6, 6.07) is 7.23. The van der Waals surface area contributed by atoms with E-state index in [-0.39, 0.29) is 69.9 Å². The first-order chi connectivity index (χ1) is 49.0. The van der Waals surface area contributed by atoms with Gasteiger partial charge in [-0.3, -0.25) is 86.5 Å². The van der Waals surface area contributed by atoms with E-state index in [0.29, 0.717) is 80.7 Å². The quantitative estimate of drug-likeness (QED) is 0.0108. The lowest BCUT2D eigenvalue weighted by Crippen LogP contribution is -2.60. The molecule has 0 spiro atoms. The van der Waals surface area contributed by atoms with Crippen LogP contribution in [0.2, 0.25) is 0 Å². The van der Waals surface area contributed by atoms with E-state index in [9.17, 15) is 81.5 Å². The van der Waals surface area contributed by atoms with Gasteiger partial charge in [-0.25, -0.2) is 0 Å². The van der Waals surface area contributed by atoms with Crippen molar-refractivity contribution in [2.75, 3.05) is 32.7 Å². The van der Waals surface area contributed by atoms with Crippen LogP contribution in [0.4, 0.5) is 0 Å². The van der Waals surface area contributed by atoms with Crippen LogP contribution in [0.25, 0.3) is 10.9 Å². The third kappa shape index (κ3) is 35.2. The molecule has 7 radical (unpaired) electrons. The van der Waals surface area contributed by atoms with Crippen molar-refractivity contribution in [1.29, 1.82) is 0 Å². The fourth-order valence-corrected chi connectivity index (χ4v) is 9.06. The number of para-hydroxylation sites is 1. The van der Waals surface area contributed by atoms with Gasteiger partial charge in [0.1, 0.15) is 88.6 Å². The molecule has 6 atom stereocenters. The number of nitrogens with zero attached hydrogens (tertiary/aromatic N) is 1. The van der Waals surface area contributed by atoms with E-state index in [4.69, 9.17) is 22.3 Å². The number of carboxylic acid groups (broad SMARTS) is 1. The molecule has 557 valence electrons. The number of benzene rings is 2. The Morgan fingerprint density at radius 3 is 1.52 bits per heavy atom. The fourth-order valence-electron chi connectivity index (χ4n) is 9.06. The van der Waals surface area contributed by atoms with Crippen LogP contribution in [0.5, 0.6) is 0 Å². The summed E-state index contributed by atoms with van der Waals surface area (Å²) in [4.78, 5) is 224. The molecular formula is C64H88N21O18. The van der Waals surface area contributed by atoms with Crippen molar-refractivity contribution in [3.8, 4) is 0 Å². The zero-order valence-corrected chi connectivity index (χ0v) is 56.8. The van der Waals surface area contributed by atoms with Crippen LogP contribution < -0.4 is 102 Å². The summed E-state index contributed by atoms with van der Waals surface area (Å²) < 4.78 is 0. The first-order valence-corrected chi connectivity index (χ1v) is 32.0. The van der Waals surface area contributed by atoms with Crippen LogP contribution in [-0.2, 0) is 94.3 Å². The number of H-pyrrole nitrogens is 1. The number of aromatic nitrogens is 1. The molecular weight excluding hydrogens is 1350 g/mol. The molecule has 1 heterocycles. The number of hydrogen-bond acceptors (Lipinski definition) is 19. The molecule has 0 aliphatic carbocycles. The van der Waals surface area contributed by atoms with Crippen molar-refractivity contribution in [3.05, 3.63) is 118 Å². The van der Waals surface area contributed by atoms with Crippen molar-refractivity contribution >= 4 is 118 Å². The Kier molecular flexibility index (Phi) is 38.6. The van der Waals surface area contributed by atoms with E-state index in [0.717, 1.165) is 0 Å². The highest BCUT2D eigenvalue weighted by Crippen LogP contribution is 2.20. The number of carbonyl (C=O) groups is 17. The van der Waals surface area contributed by atoms with Gasteiger partial charge in [0.2, 0.25) is 95.0 Å². The number of aliphatic imine (C=N–C) groups is 1. The monoisotopic (exact) mass is 1440 g/mol. The van der Waals surface area contributed by atoms with Crippen LogP contribution in [-0.4, -0.2) is 186 Å². The second kappa shape index (κ2) is 46.5. The minimum Gasteiger partial charge on any atom is -0.480 e. The predicted octanol–water partition coefficient (Wildman–Crippen LogP) is -7.24. The molecule has 0 fully saturated rings. The highest BCUT2D eigenvalue weighted by atomic mass is 16.4. The topological polar surface area (TPSA) is 609 Å². The number of fused-ring (bicyclic) bond motifs is 1. The zero-order chi connectivity index (χ0) is 76.4. The SMILES string of the molecule is CC(C)C[C@@H](NC(=O)[C@H](Cc1c[nH]c2ccccc12)NC(=O)[CH]NC(=O)[CH]NC(=O)[C@@H](Cc1ccccc1)NC(=O)[CH]NC(=O)[CH]NC(=O)[CH]NC(=O)[CH]NC(=O)[CH]NC(=O)CNC=O)C(=O)N[C@H](C(=O)N[C@@H](CCCCN)C(=O)NCC(=O)N[C@@H](CCCN=C(N)N)C(=O)NCC(=O)O)C(C)C. The molecule has 16 amide bonds. The number of aromatic amines is 1. The van der Waals surface area contributed by atoms with E-state index < -0.39 is 156 Å². The Balaban J connectivity index is 1.67. The van der Waals surface area contributed by atoms with Crippen molar-refractivity contribution in [1.82, 2.24) is 90.1 Å². The normalized spacial score (nSPS) is 12.5. The second-order valence-electron chi connectivity index (χ2n) is 23.2. The predicted molar refractivity (Wildman–Crippen MR) is 366 cm³/mol. The van der Waals surface area contributed by atoms with Gasteiger partial charge in [-0.15, -0.1) is 0 Å². The summed E-state index contributed by atoms with van der Waals surface area (Å²) in [5.74, 6) is -16.3. The lowest BCUT2D eigenvalue weighted by atomic mass is 9.98. The maximum absolute atomic E-state index is 14.5. The average Bonchev–Trinajstić information content (AvgIpc) is 1.72. The summed E-state index contributed by atoms with van der Waals surface area (Å²) >= 11 is 0. The van der Waals surface area contributed by atoms with Gasteiger partial charge in [-0.2, -0.15) is 0 Å². The van der Waals surface area contributed by atoms with E-state index >= 15 is 0 Å². The summed E-state index contributed by atoms with van der Waals surface area (Å²) in [7, 11) is 0. The van der Waals surface area contributed by atoms with Gasteiger partial charge in [0.25, 0.3) is 0 Å². The van der Waals surface area contributed by atoms with E-state index in [1.165, 1.54) is 0 Å². The maximum Gasteiger partial charge on any atom is 0.322 e. The maximum atomic E-state index is 14.5. The van der Waals surface area contributed by atoms with Crippen LogP contribution >= 0.6 is 0 Å². The number of nitrogens with one attached hydrogen (secondary N) is 17. The van der Waals surface area contributed by atoms with Gasteiger partial charge in [-0.1, -0.05) is 76.2 Å². The molecule has 0 unspecified atom stereocenters. The van der Waals surface area contributed by atoms with Gasteiger partial charge < -0.3 is 112 Å². The number of hydrogen-bond donors (Lipinski definition) is 21. The number of amides is 16. The zero-order valence-electron chi connectivity index (χ0n) is 56.8. The van der Waals surface area contributed by atoms with Gasteiger partial charge in [0.05, 0.1) is 13.1 Å². The number of rotatable bonds is 48. The van der Waals surface area contributed by atoms with E-state index in [2.05, 4.69) is 73.8 Å². The minimum absolute atomic E-state index is 0.00501. The van der Waals surface area contributed by atoms with E-state index in [1.54, 1.807) is 88.5 Å². The Morgan fingerprint density at radius 2 is 0.981 bits per heavy atom. The molecule has 0 aliphatic rings. The molecule has 1 aromatic heterocycles. The number of aliphatic carboxylic acids is 1. The molecule has 39 heteroatoms. The molecule has 39 nitrogen and oxygen atoms in total. The van der Waals surface area contributed by atoms with Gasteiger partial charge >= 0.3 is 5.97 Å². The van der Waals surface area contributed by atoms with E-state index in [1.807, 2.05) is 21.3 Å². The van der Waals surface area contributed by atoms with Crippen LogP contribution in [0.15, 0.2) is 65.8 Å². The Bertz CT molecular complexity index is 3450. The third-order valence-corrected chi connectivity index (χ3v) is 14.0. The van der Waals surface area contributed by atoms with Gasteiger partial charge in [0.15, 0.2) is 5.96 Å². The molecule has 0 bridgehead atoms. The molecule has 3 rings (SSSR count). The fraction of sp³-hybridized carbons (Fsp3) is 0.391. The Hall–Kier alpha value is -11.8. The van der Waals surface area contributed by atoms with Crippen LogP contribution in [0, 0.1) is 57.6 Å². The van der Waals surface area contributed by atoms with Crippen LogP contribution in [0.3, 0.4) is 0 Å². The molecule has 103 heavy (non-hydrogen) atoms. The van der Waals surface area contributed by atoms with Crippen molar-refractivity contribution in [2.45, 2.75) is 115 Å². The highest BCUT2D eigenvalue weighted by Gasteiger charge is 2.34. The molecule has 24 N–H and O–H groups in total. The van der Waals surface area contributed by atoms with Gasteiger partial charge in [-0.05, 0) is 74.1 Å². The van der Waals surface area contributed by atoms with Crippen molar-refractivity contribution < 1.29 is 86.6 Å². The number of carbonyl (C=O) groups excluding carboxylic acids is 16. The Morgan fingerprint density at radius 1 is 0.485 bits per heavy atom. The minimum atomic E-state index is -1.46. The Labute approximate surface area is 592 Å². The lowest BCUT2D eigenvalue weighted by molar-refractivity contribution is -0.138. The molecule has 0 aliphatic heterocycles. The smallest absolute Gasteiger partial charge is 0.322 e. The standard InChI is InChI=1S/C64H88N21O18/c1-36(2)21-44(62(102)85-57(37(3)4)63(103)83-43(17-10-11-19-65)59(99)78-33-55(95)80-42(18-12-20-69-64(66)67)58(98)79-34-56(96)97)84-61(101)46(23-39-24-70-41-16-9-8-15-40(39)41)82-54(94)32-76-52(92)30-77-60(100)45(22-38-13-6-5-7-14-38)81-53(93)31-75-51(91)29-74-50(90)28-73-49(89)27-72-48(88)26-71-47(87)25-68-35-86/h5-9,13-16,24,26-32,35-37,42-46,57,70H,10-12,17-23,25,33-34,65H2,1-4H3,(H,68,86)(H,71,87)(H,72,88)(H,73,89)(H,74,90)(H,75,91)(H,76,92)(H,77,100)(H,78,99)(H,79,98)(H,80,95)(H,81,93)(H,82,94)(H,83,103)(H,84,101)(H,85,102)(H,96,97)(H4,66,67,69)/t42-,43-,44+,45+,46-,57-/m0/s1. The number of unbranched alkanes of at least 4 members (excludes halogenated alkanes) is 1. The summed E-state index contributed by atoms with van der Waals surface area (Å²) in [6.07, 6.45) is 2.53. The highest BCUT2D eigenvalue weighted by molar-refractivity contribution is 6.02. The van der Waals surface area contributed by atoms with Crippen molar-refractivity contribution in [3.63, 3.8) is 0 Å². The number of nitrogens with two attached hydrogens (primary N) is 3. The first kappa shape index (κ1) is 85.4. The number of guanidine groups is 1. The summed E-state index contributed by atoms with van der Waals surface area (Å²) in [6.45, 7) is 9.56. The summed E-state index contributed by atoms with van der Waals surface area (Å²) in [5, 5.41) is 46.3. The largest absolute Gasteiger partial charge is 0.480 e. The van der Waals surface area contributed by atoms with Gasteiger partial charge in [0, 0.05) is 36.5 Å². The summed E-state index contributed by atoms with van der Waals surface area (Å²) in [5.41, 5.74) is 18.2. The lowest BCUT2D eigenvalue weighted by Gasteiger charge is -2.29. The second-order valence-corrected chi connectivity index (χ2v) is 23.2. The first-order valence-electron chi connectivity index (χ1n) is 32.0. The van der Waals surface area contributed by atoms with Crippen LogP contribution in [0.1, 0.15) is 77.3 Å². The van der Waals surface area contributed by atoms with Crippen molar-refractivity contribution in [2.24, 2.45) is 34.0 Å². The molecule has 0 saturated carbocycles. The average molecular weight is 1440 g/mol.